The molecule has 138 valence electrons. The molecule has 1 aromatic heterocycles. The van der Waals surface area contributed by atoms with Gasteiger partial charge in [0.15, 0.2) is 0 Å². The molecule has 0 saturated heterocycles. The SMILES string of the molecule is CC(=O)C1(c2cccc(F)c2C)CCc2c(cnn2-c2ccccc2C)C1. The number of fused-ring (bicyclic) bond motifs is 1. The number of halogens is 1. The maximum absolute atomic E-state index is 14.2. The Labute approximate surface area is 158 Å². The van der Waals surface area contributed by atoms with E-state index in [4.69, 9.17) is 0 Å². The van der Waals surface area contributed by atoms with E-state index in [9.17, 15) is 9.18 Å². The van der Waals surface area contributed by atoms with Gasteiger partial charge in [0.1, 0.15) is 11.6 Å². The van der Waals surface area contributed by atoms with E-state index in [2.05, 4.69) is 24.2 Å². The van der Waals surface area contributed by atoms with Crippen molar-refractivity contribution in [2.45, 2.75) is 45.4 Å². The lowest BCUT2D eigenvalue weighted by molar-refractivity contribution is -0.123. The normalized spacial score (nSPS) is 19.0. The fourth-order valence-corrected chi connectivity index (χ4v) is 4.42. The number of ketones is 1. The maximum Gasteiger partial charge on any atom is 0.140 e. The van der Waals surface area contributed by atoms with E-state index < -0.39 is 5.41 Å². The van der Waals surface area contributed by atoms with Gasteiger partial charge in [-0.2, -0.15) is 5.10 Å². The molecule has 1 heterocycles. The van der Waals surface area contributed by atoms with E-state index in [1.54, 1.807) is 19.9 Å². The highest BCUT2D eigenvalue weighted by atomic mass is 19.1. The lowest BCUT2D eigenvalue weighted by atomic mass is 9.65. The number of aryl methyl sites for hydroxylation is 1. The molecule has 27 heavy (non-hydrogen) atoms. The summed E-state index contributed by atoms with van der Waals surface area (Å²) in [6.07, 6.45) is 3.83. The molecule has 0 spiro atoms. The van der Waals surface area contributed by atoms with Gasteiger partial charge in [-0.25, -0.2) is 9.07 Å². The topological polar surface area (TPSA) is 34.9 Å². The highest BCUT2D eigenvalue weighted by Crippen LogP contribution is 2.41. The van der Waals surface area contributed by atoms with Gasteiger partial charge in [0, 0.05) is 5.69 Å². The number of carbonyl (C=O) groups is 1. The number of para-hydroxylation sites is 1. The van der Waals surface area contributed by atoms with Crippen LogP contribution >= 0.6 is 0 Å². The van der Waals surface area contributed by atoms with Crippen LogP contribution in [0.1, 0.15) is 41.3 Å². The minimum Gasteiger partial charge on any atom is -0.299 e. The minimum absolute atomic E-state index is 0.0884. The molecule has 0 amide bonds. The molecule has 0 aliphatic heterocycles. The third kappa shape index (κ3) is 2.71. The molecular formula is C23H23FN2O. The Kier molecular flexibility index (Phi) is 4.22. The summed E-state index contributed by atoms with van der Waals surface area (Å²) in [5, 5.41) is 4.62. The second kappa shape index (κ2) is 6.45. The van der Waals surface area contributed by atoms with Crippen molar-refractivity contribution in [2.24, 2.45) is 0 Å². The third-order valence-corrected chi connectivity index (χ3v) is 6.04. The summed E-state index contributed by atoms with van der Waals surface area (Å²) in [5.41, 5.74) is 5.15. The van der Waals surface area contributed by atoms with Gasteiger partial charge in [0.2, 0.25) is 0 Å². The Morgan fingerprint density at radius 3 is 2.67 bits per heavy atom. The van der Waals surface area contributed by atoms with Crippen molar-refractivity contribution in [3.05, 3.63) is 82.4 Å². The van der Waals surface area contributed by atoms with Gasteiger partial charge in [-0.05, 0) is 74.4 Å². The van der Waals surface area contributed by atoms with Crippen LogP contribution in [0.15, 0.2) is 48.7 Å². The number of aromatic nitrogens is 2. The molecule has 0 fully saturated rings. The summed E-state index contributed by atoms with van der Waals surface area (Å²) >= 11 is 0. The summed E-state index contributed by atoms with van der Waals surface area (Å²) in [7, 11) is 0. The molecule has 1 aliphatic carbocycles. The summed E-state index contributed by atoms with van der Waals surface area (Å²) in [4.78, 5) is 12.8. The Morgan fingerprint density at radius 2 is 1.93 bits per heavy atom. The first-order chi connectivity index (χ1) is 12.9. The fraction of sp³-hybridized carbons (Fsp3) is 0.304. The number of hydrogen-bond acceptors (Lipinski definition) is 2. The zero-order valence-electron chi connectivity index (χ0n) is 15.9. The van der Waals surface area contributed by atoms with E-state index in [0.717, 1.165) is 34.5 Å². The first kappa shape index (κ1) is 17.7. The molecule has 1 atom stereocenters. The van der Waals surface area contributed by atoms with Crippen molar-refractivity contribution < 1.29 is 9.18 Å². The summed E-state index contributed by atoms with van der Waals surface area (Å²) < 4.78 is 16.2. The summed E-state index contributed by atoms with van der Waals surface area (Å²) in [6, 6.07) is 13.2. The van der Waals surface area contributed by atoms with Crippen molar-refractivity contribution in [3.8, 4) is 5.69 Å². The number of benzene rings is 2. The van der Waals surface area contributed by atoms with Crippen LogP contribution in [0.4, 0.5) is 4.39 Å². The Hall–Kier alpha value is -2.75. The highest BCUT2D eigenvalue weighted by molar-refractivity contribution is 5.89. The van der Waals surface area contributed by atoms with E-state index in [0.29, 0.717) is 18.4 Å². The molecule has 3 aromatic rings. The Morgan fingerprint density at radius 1 is 1.15 bits per heavy atom. The molecule has 1 aliphatic rings. The van der Waals surface area contributed by atoms with Crippen molar-refractivity contribution in [1.82, 2.24) is 9.78 Å². The maximum atomic E-state index is 14.2. The van der Waals surface area contributed by atoms with Gasteiger partial charge < -0.3 is 0 Å². The first-order valence-corrected chi connectivity index (χ1v) is 9.32. The summed E-state index contributed by atoms with van der Waals surface area (Å²) in [6.45, 7) is 5.46. The van der Waals surface area contributed by atoms with Crippen molar-refractivity contribution in [2.75, 3.05) is 0 Å². The first-order valence-electron chi connectivity index (χ1n) is 9.32. The molecule has 4 rings (SSSR count). The molecule has 0 radical (unpaired) electrons. The molecular weight excluding hydrogens is 339 g/mol. The van der Waals surface area contributed by atoms with Gasteiger partial charge >= 0.3 is 0 Å². The van der Waals surface area contributed by atoms with Gasteiger partial charge in [0.25, 0.3) is 0 Å². The number of carbonyl (C=O) groups excluding carboxylic acids is 1. The second-order valence-corrected chi connectivity index (χ2v) is 7.54. The molecule has 4 heteroatoms. The number of hydrogen-bond donors (Lipinski definition) is 0. The predicted octanol–water partition coefficient (Wildman–Crippen LogP) is 4.64. The van der Waals surface area contributed by atoms with E-state index in [-0.39, 0.29) is 11.6 Å². The van der Waals surface area contributed by atoms with Gasteiger partial charge in [-0.15, -0.1) is 0 Å². The van der Waals surface area contributed by atoms with Crippen LogP contribution in [0.3, 0.4) is 0 Å². The van der Waals surface area contributed by atoms with E-state index >= 15 is 0 Å². The largest absolute Gasteiger partial charge is 0.299 e. The fourth-order valence-electron chi connectivity index (χ4n) is 4.42. The molecule has 2 aromatic carbocycles. The average Bonchev–Trinajstić information content (AvgIpc) is 3.07. The molecule has 0 N–H and O–H groups in total. The van der Waals surface area contributed by atoms with Crippen molar-refractivity contribution in [3.63, 3.8) is 0 Å². The number of Topliss-reactive ketones (excluding diaryl/α,β-unsaturated/α-hetero) is 1. The van der Waals surface area contributed by atoms with Crippen LogP contribution in [-0.4, -0.2) is 15.6 Å². The van der Waals surface area contributed by atoms with Gasteiger partial charge in [-0.3, -0.25) is 4.79 Å². The average molecular weight is 362 g/mol. The van der Waals surface area contributed by atoms with Crippen LogP contribution in [0.25, 0.3) is 5.69 Å². The van der Waals surface area contributed by atoms with Crippen LogP contribution in [-0.2, 0) is 23.1 Å². The van der Waals surface area contributed by atoms with E-state index in [1.807, 2.05) is 29.1 Å². The lowest BCUT2D eigenvalue weighted by Crippen LogP contribution is -2.41. The van der Waals surface area contributed by atoms with E-state index in [1.165, 1.54) is 6.07 Å². The quantitative estimate of drug-likeness (QED) is 0.680. The van der Waals surface area contributed by atoms with Gasteiger partial charge in [-0.1, -0.05) is 30.3 Å². The Balaban J connectivity index is 1.81. The van der Waals surface area contributed by atoms with Crippen LogP contribution in [0, 0.1) is 19.7 Å². The van der Waals surface area contributed by atoms with Crippen LogP contribution in [0.2, 0.25) is 0 Å². The highest BCUT2D eigenvalue weighted by Gasteiger charge is 2.43. The van der Waals surface area contributed by atoms with Crippen molar-refractivity contribution in [1.29, 1.82) is 0 Å². The molecule has 3 nitrogen and oxygen atoms in total. The number of rotatable bonds is 3. The lowest BCUT2D eigenvalue weighted by Gasteiger charge is -2.36. The monoisotopic (exact) mass is 362 g/mol. The third-order valence-electron chi connectivity index (χ3n) is 6.04. The van der Waals surface area contributed by atoms with Crippen LogP contribution < -0.4 is 0 Å². The number of nitrogens with zero attached hydrogens (tertiary/aromatic N) is 2. The van der Waals surface area contributed by atoms with Crippen LogP contribution in [0.5, 0.6) is 0 Å². The zero-order chi connectivity index (χ0) is 19.2. The summed E-state index contributed by atoms with van der Waals surface area (Å²) in [5.74, 6) is -0.167. The Bertz CT molecular complexity index is 1040. The predicted molar refractivity (Wildman–Crippen MR) is 104 cm³/mol. The minimum atomic E-state index is -0.682. The molecule has 0 bridgehead atoms. The second-order valence-electron chi connectivity index (χ2n) is 7.54. The van der Waals surface area contributed by atoms with Gasteiger partial charge in [0.05, 0.1) is 17.3 Å². The zero-order valence-corrected chi connectivity index (χ0v) is 15.9. The van der Waals surface area contributed by atoms with Crippen molar-refractivity contribution >= 4 is 5.78 Å². The molecule has 1 unspecified atom stereocenters. The standard InChI is InChI=1S/C23H23FN2O/c1-15-7-4-5-10-21(15)26-22-11-12-23(17(3)27,13-18(22)14-25-26)19-8-6-9-20(24)16(19)2/h4-10,14H,11-13H2,1-3H3. The smallest absolute Gasteiger partial charge is 0.140 e. The molecule has 0 saturated carbocycles.